The minimum absolute atomic E-state index is 0.114. The Kier molecular flexibility index (Phi) is 4.70. The number of benzene rings is 1. The second kappa shape index (κ2) is 6.93. The van der Waals surface area contributed by atoms with Crippen molar-refractivity contribution < 1.29 is 4.39 Å². The molecular formula is C18H21FN6. The van der Waals surface area contributed by atoms with Crippen LogP contribution in [0.5, 0.6) is 0 Å². The molecule has 25 heavy (non-hydrogen) atoms. The van der Waals surface area contributed by atoms with Crippen LogP contribution in [0.3, 0.4) is 0 Å². The topological polar surface area (TPSA) is 59.3 Å². The van der Waals surface area contributed by atoms with Crippen molar-refractivity contribution in [1.29, 1.82) is 5.26 Å². The van der Waals surface area contributed by atoms with Crippen LogP contribution >= 0.6 is 0 Å². The van der Waals surface area contributed by atoms with Crippen molar-refractivity contribution in [2.24, 2.45) is 0 Å². The molecule has 1 atom stereocenters. The van der Waals surface area contributed by atoms with Crippen LogP contribution in [0.1, 0.15) is 12.0 Å². The summed E-state index contributed by atoms with van der Waals surface area (Å²) >= 11 is 0. The fourth-order valence-corrected chi connectivity index (χ4v) is 3.10. The number of hydrogen-bond donors (Lipinski definition) is 0. The first-order chi connectivity index (χ1) is 12.0. The molecule has 0 bridgehead atoms. The monoisotopic (exact) mass is 340 g/mol. The van der Waals surface area contributed by atoms with Crippen LogP contribution in [0.4, 0.5) is 21.8 Å². The van der Waals surface area contributed by atoms with Crippen molar-refractivity contribution in [2.45, 2.75) is 12.5 Å². The summed E-state index contributed by atoms with van der Waals surface area (Å²) in [5, 5.41) is 9.25. The number of rotatable bonds is 4. The molecule has 7 heteroatoms. The Morgan fingerprint density at radius 3 is 2.80 bits per heavy atom. The second-order valence-electron chi connectivity index (χ2n) is 6.35. The molecule has 2 aromatic rings. The number of hydrogen-bond acceptors (Lipinski definition) is 6. The average molecular weight is 340 g/mol. The van der Waals surface area contributed by atoms with E-state index in [2.05, 4.69) is 19.8 Å². The van der Waals surface area contributed by atoms with Gasteiger partial charge in [-0.2, -0.15) is 10.2 Å². The van der Waals surface area contributed by atoms with Gasteiger partial charge in [0.05, 0.1) is 5.69 Å². The van der Waals surface area contributed by atoms with E-state index in [0.717, 1.165) is 25.3 Å². The fourth-order valence-electron chi connectivity index (χ4n) is 3.10. The van der Waals surface area contributed by atoms with E-state index in [1.54, 1.807) is 18.3 Å². The molecule has 1 aliphatic heterocycles. The molecule has 2 heterocycles. The number of nitrogens with zero attached hydrogens (tertiary/aromatic N) is 6. The molecule has 1 saturated heterocycles. The standard InChI is InChI=1S/C18H21FN6/c1-23(2)18-21-9-7-17(22-18)24(3)13-8-10-25(12-13)16-6-4-5-15(19)14(16)11-20/h4-7,9,13H,8,10,12H2,1-3H3. The lowest BCUT2D eigenvalue weighted by molar-refractivity contribution is 0.623. The molecule has 130 valence electrons. The SMILES string of the molecule is CN(C)c1nccc(N(C)C2CCN(c3cccc(F)c3C#N)C2)n1. The maximum Gasteiger partial charge on any atom is 0.226 e. The van der Waals surface area contributed by atoms with Crippen molar-refractivity contribution in [1.82, 2.24) is 9.97 Å². The summed E-state index contributed by atoms with van der Waals surface area (Å²) in [7, 11) is 5.82. The molecule has 0 aliphatic carbocycles. The molecule has 0 amide bonds. The third-order valence-electron chi connectivity index (χ3n) is 4.54. The van der Waals surface area contributed by atoms with E-state index in [0.29, 0.717) is 11.6 Å². The molecule has 0 spiro atoms. The maximum atomic E-state index is 13.9. The van der Waals surface area contributed by atoms with Gasteiger partial charge in [0, 0.05) is 46.5 Å². The summed E-state index contributed by atoms with van der Waals surface area (Å²) < 4.78 is 13.9. The minimum Gasteiger partial charge on any atom is -0.368 e. The van der Waals surface area contributed by atoms with E-state index in [4.69, 9.17) is 0 Å². The van der Waals surface area contributed by atoms with Gasteiger partial charge in [-0.1, -0.05) is 6.07 Å². The first-order valence-corrected chi connectivity index (χ1v) is 8.18. The number of aromatic nitrogens is 2. The molecule has 1 fully saturated rings. The van der Waals surface area contributed by atoms with Crippen LogP contribution < -0.4 is 14.7 Å². The van der Waals surface area contributed by atoms with Crippen molar-refractivity contribution >= 4 is 17.5 Å². The highest BCUT2D eigenvalue weighted by Gasteiger charge is 2.28. The largest absolute Gasteiger partial charge is 0.368 e. The third-order valence-corrected chi connectivity index (χ3v) is 4.54. The Bertz CT molecular complexity index is 800. The second-order valence-corrected chi connectivity index (χ2v) is 6.35. The molecule has 1 aromatic carbocycles. The summed E-state index contributed by atoms with van der Waals surface area (Å²) in [5.41, 5.74) is 0.776. The Labute approximate surface area is 147 Å². The zero-order valence-electron chi connectivity index (χ0n) is 14.6. The molecule has 1 aliphatic rings. The van der Waals surface area contributed by atoms with Crippen LogP contribution in [0.2, 0.25) is 0 Å². The van der Waals surface area contributed by atoms with Crippen LogP contribution in [-0.4, -0.2) is 50.2 Å². The van der Waals surface area contributed by atoms with Crippen LogP contribution in [0.25, 0.3) is 0 Å². The normalized spacial score (nSPS) is 16.6. The van der Waals surface area contributed by atoms with Gasteiger partial charge in [0.1, 0.15) is 23.3 Å². The van der Waals surface area contributed by atoms with Gasteiger partial charge in [0.15, 0.2) is 0 Å². The van der Waals surface area contributed by atoms with Gasteiger partial charge in [-0.05, 0) is 24.6 Å². The lowest BCUT2D eigenvalue weighted by Crippen LogP contribution is -2.35. The fraction of sp³-hybridized carbons (Fsp3) is 0.389. The van der Waals surface area contributed by atoms with Crippen LogP contribution in [0, 0.1) is 17.1 Å². The number of nitriles is 1. The first kappa shape index (κ1) is 17.0. The predicted octanol–water partition coefficient (Wildman–Crippen LogP) is 2.27. The number of halogens is 1. The summed E-state index contributed by atoms with van der Waals surface area (Å²) in [4.78, 5) is 14.9. The minimum atomic E-state index is -0.469. The summed E-state index contributed by atoms with van der Waals surface area (Å²) in [6.07, 6.45) is 2.67. The predicted molar refractivity (Wildman–Crippen MR) is 96.5 cm³/mol. The van der Waals surface area contributed by atoms with Gasteiger partial charge in [-0.3, -0.25) is 0 Å². The van der Waals surface area contributed by atoms with E-state index in [1.807, 2.05) is 38.2 Å². The molecule has 1 aromatic heterocycles. The highest BCUT2D eigenvalue weighted by Crippen LogP contribution is 2.28. The van der Waals surface area contributed by atoms with Gasteiger partial charge in [-0.25, -0.2) is 9.37 Å². The first-order valence-electron chi connectivity index (χ1n) is 8.18. The zero-order chi connectivity index (χ0) is 18.0. The Morgan fingerprint density at radius 1 is 1.28 bits per heavy atom. The highest BCUT2D eigenvalue weighted by molar-refractivity contribution is 5.61. The Balaban J connectivity index is 1.78. The number of likely N-dealkylation sites (N-methyl/N-ethyl adjacent to an activating group) is 1. The van der Waals surface area contributed by atoms with Crippen LogP contribution in [-0.2, 0) is 0 Å². The van der Waals surface area contributed by atoms with Crippen molar-refractivity contribution in [3.63, 3.8) is 0 Å². The van der Waals surface area contributed by atoms with E-state index < -0.39 is 5.82 Å². The van der Waals surface area contributed by atoms with E-state index in [-0.39, 0.29) is 11.6 Å². The summed E-state index contributed by atoms with van der Waals surface area (Å²) in [5.74, 6) is 1.05. The van der Waals surface area contributed by atoms with Gasteiger partial charge in [0.25, 0.3) is 0 Å². The molecule has 3 rings (SSSR count). The molecule has 0 N–H and O–H groups in total. The smallest absolute Gasteiger partial charge is 0.226 e. The van der Waals surface area contributed by atoms with Crippen LogP contribution in [0.15, 0.2) is 30.5 Å². The molecular weight excluding hydrogens is 319 g/mol. The van der Waals surface area contributed by atoms with E-state index >= 15 is 0 Å². The van der Waals surface area contributed by atoms with Crippen molar-refractivity contribution in [3.05, 3.63) is 41.8 Å². The van der Waals surface area contributed by atoms with E-state index in [9.17, 15) is 9.65 Å². The quantitative estimate of drug-likeness (QED) is 0.851. The molecule has 6 nitrogen and oxygen atoms in total. The van der Waals surface area contributed by atoms with Crippen molar-refractivity contribution in [2.75, 3.05) is 48.9 Å². The summed E-state index contributed by atoms with van der Waals surface area (Å²) in [6, 6.07) is 8.88. The average Bonchev–Trinajstić information content (AvgIpc) is 3.10. The van der Waals surface area contributed by atoms with E-state index in [1.165, 1.54) is 6.07 Å². The highest BCUT2D eigenvalue weighted by atomic mass is 19.1. The molecule has 1 unspecified atom stereocenters. The lowest BCUT2D eigenvalue weighted by atomic mass is 10.1. The van der Waals surface area contributed by atoms with Crippen molar-refractivity contribution in [3.8, 4) is 6.07 Å². The Morgan fingerprint density at radius 2 is 2.08 bits per heavy atom. The van der Waals surface area contributed by atoms with Gasteiger partial charge >= 0.3 is 0 Å². The third kappa shape index (κ3) is 3.33. The van der Waals surface area contributed by atoms with Gasteiger partial charge < -0.3 is 14.7 Å². The lowest BCUT2D eigenvalue weighted by Gasteiger charge is -2.27. The number of anilines is 3. The van der Waals surface area contributed by atoms with Gasteiger partial charge in [-0.15, -0.1) is 0 Å². The maximum absolute atomic E-state index is 13.9. The zero-order valence-corrected chi connectivity index (χ0v) is 14.6. The summed E-state index contributed by atoms with van der Waals surface area (Å²) in [6.45, 7) is 1.49. The Hall–Kier alpha value is -2.88. The molecule has 0 radical (unpaired) electrons. The van der Waals surface area contributed by atoms with Gasteiger partial charge in [0.2, 0.25) is 5.95 Å². The molecule has 0 saturated carbocycles.